The van der Waals surface area contributed by atoms with Crippen molar-refractivity contribution in [2.75, 3.05) is 32.0 Å². The predicted molar refractivity (Wildman–Crippen MR) is 109 cm³/mol. The zero-order valence-corrected chi connectivity index (χ0v) is 18.6. The summed E-state index contributed by atoms with van der Waals surface area (Å²) in [4.78, 5) is 11.3. The Morgan fingerprint density at radius 1 is 1.32 bits per heavy atom. The van der Waals surface area contributed by atoms with Crippen LogP contribution in [0.4, 0.5) is 13.2 Å². The third kappa shape index (κ3) is 8.23. The maximum atomic E-state index is 11.5. The van der Waals surface area contributed by atoms with Crippen molar-refractivity contribution >= 4 is 27.6 Å². The van der Waals surface area contributed by atoms with Gasteiger partial charge in [-0.2, -0.15) is 13.2 Å². The van der Waals surface area contributed by atoms with Gasteiger partial charge < -0.3 is 9.84 Å². The van der Waals surface area contributed by atoms with Gasteiger partial charge in [0.05, 0.1) is 18.0 Å². The fourth-order valence-electron chi connectivity index (χ4n) is 3.40. The number of hydrogen-bond acceptors (Lipinski definition) is 5. The number of alkyl halides is 3. The molecule has 0 amide bonds. The maximum absolute atomic E-state index is 11.5. The van der Waals surface area contributed by atoms with Crippen LogP contribution in [0.25, 0.3) is 0 Å². The smallest absolute Gasteiger partial charge is 0.475 e. The van der Waals surface area contributed by atoms with Gasteiger partial charge in [-0.05, 0) is 43.4 Å². The number of likely N-dealkylation sites (tertiary alicyclic amines) is 1. The third-order valence-electron chi connectivity index (χ3n) is 5.19. The predicted octanol–water partition coefficient (Wildman–Crippen LogP) is 2.89. The summed E-state index contributed by atoms with van der Waals surface area (Å²) >= 11 is 5.91. The van der Waals surface area contributed by atoms with Crippen molar-refractivity contribution in [1.29, 1.82) is 0 Å². The number of sulfonamides is 1. The van der Waals surface area contributed by atoms with Gasteiger partial charge in [0, 0.05) is 31.2 Å². The molecule has 0 aromatic heterocycles. The van der Waals surface area contributed by atoms with Crippen LogP contribution in [0.15, 0.2) is 24.3 Å². The Balaban J connectivity index is 0.000000423. The minimum absolute atomic E-state index is 0.0213. The second kappa shape index (κ2) is 10.5. The van der Waals surface area contributed by atoms with Crippen LogP contribution in [0, 0.1) is 5.92 Å². The van der Waals surface area contributed by atoms with Gasteiger partial charge in [-0.3, -0.25) is 4.90 Å². The average molecular weight is 487 g/mol. The molecular formula is C19H26ClF3N2O5S. The topological polar surface area (TPSA) is 95.9 Å². The van der Waals surface area contributed by atoms with Crippen molar-refractivity contribution in [3.8, 4) is 0 Å². The van der Waals surface area contributed by atoms with Crippen LogP contribution in [0.2, 0.25) is 5.02 Å². The second-order valence-corrected chi connectivity index (χ2v) is 10.3. The quantitative estimate of drug-likeness (QED) is 0.642. The van der Waals surface area contributed by atoms with E-state index in [0.717, 1.165) is 37.5 Å². The number of ether oxygens (including phenoxy) is 1. The summed E-state index contributed by atoms with van der Waals surface area (Å²) < 4.78 is 63.5. The van der Waals surface area contributed by atoms with Crippen molar-refractivity contribution in [2.24, 2.45) is 5.92 Å². The SMILES string of the molecule is CCS(=O)(=O)NCC1CCC2(CN(Cc3ccc(Cl)cc3)C2)OC1.O=C(O)C(F)(F)F. The van der Waals surface area contributed by atoms with E-state index in [1.54, 1.807) is 6.92 Å². The Kier molecular flexibility index (Phi) is 8.74. The molecule has 0 aliphatic carbocycles. The summed E-state index contributed by atoms with van der Waals surface area (Å²) in [6, 6.07) is 7.97. The number of nitrogens with zero attached hydrogens (tertiary/aromatic N) is 1. The molecule has 1 atom stereocenters. The molecule has 1 aromatic rings. The molecule has 1 aromatic carbocycles. The lowest BCUT2D eigenvalue weighted by Crippen LogP contribution is -2.64. The molecule has 2 heterocycles. The molecule has 0 bridgehead atoms. The Morgan fingerprint density at radius 2 is 1.90 bits per heavy atom. The van der Waals surface area contributed by atoms with Crippen LogP contribution in [-0.4, -0.2) is 68.2 Å². The molecule has 2 saturated heterocycles. The molecule has 12 heteroatoms. The van der Waals surface area contributed by atoms with E-state index in [2.05, 4.69) is 21.8 Å². The highest BCUT2D eigenvalue weighted by molar-refractivity contribution is 7.89. The minimum Gasteiger partial charge on any atom is -0.475 e. The molecule has 1 unspecified atom stereocenters. The van der Waals surface area contributed by atoms with E-state index in [1.165, 1.54) is 5.56 Å². The Labute approximate surface area is 184 Å². The number of carboxylic acids is 1. The Bertz CT molecular complexity index is 833. The number of nitrogens with one attached hydrogen (secondary N) is 1. The van der Waals surface area contributed by atoms with E-state index < -0.39 is 22.2 Å². The summed E-state index contributed by atoms with van der Waals surface area (Å²) in [5, 5.41) is 7.89. The first-order chi connectivity index (χ1) is 14.3. The fourth-order valence-corrected chi connectivity index (χ4v) is 4.22. The Morgan fingerprint density at radius 3 is 2.35 bits per heavy atom. The fraction of sp³-hybridized carbons (Fsp3) is 0.632. The monoisotopic (exact) mass is 486 g/mol. The summed E-state index contributed by atoms with van der Waals surface area (Å²) in [5.74, 6) is -2.35. The van der Waals surface area contributed by atoms with E-state index in [1.807, 2.05) is 12.1 Å². The first-order valence-electron chi connectivity index (χ1n) is 9.72. The highest BCUT2D eigenvalue weighted by atomic mass is 35.5. The van der Waals surface area contributed by atoms with Gasteiger partial charge >= 0.3 is 12.1 Å². The number of carbonyl (C=O) groups is 1. The zero-order valence-electron chi connectivity index (χ0n) is 17.0. The first-order valence-corrected chi connectivity index (χ1v) is 11.8. The van der Waals surface area contributed by atoms with E-state index in [-0.39, 0.29) is 17.3 Å². The molecule has 2 aliphatic heterocycles. The molecule has 1 spiro atoms. The molecule has 0 saturated carbocycles. The van der Waals surface area contributed by atoms with Crippen LogP contribution in [0.1, 0.15) is 25.3 Å². The van der Waals surface area contributed by atoms with Crippen molar-refractivity contribution < 1.29 is 36.2 Å². The Hall–Kier alpha value is -1.40. The molecule has 7 nitrogen and oxygen atoms in total. The van der Waals surface area contributed by atoms with Crippen molar-refractivity contribution in [3.05, 3.63) is 34.9 Å². The van der Waals surface area contributed by atoms with Gasteiger partial charge in [-0.15, -0.1) is 0 Å². The third-order valence-corrected chi connectivity index (χ3v) is 6.81. The van der Waals surface area contributed by atoms with Crippen LogP contribution in [0.5, 0.6) is 0 Å². The molecular weight excluding hydrogens is 461 g/mol. The van der Waals surface area contributed by atoms with E-state index in [4.69, 9.17) is 26.2 Å². The van der Waals surface area contributed by atoms with Crippen LogP contribution >= 0.6 is 11.6 Å². The van der Waals surface area contributed by atoms with Crippen LogP contribution in [0.3, 0.4) is 0 Å². The lowest BCUT2D eigenvalue weighted by molar-refractivity contribution is -0.192. The minimum atomic E-state index is -5.08. The van der Waals surface area contributed by atoms with Crippen molar-refractivity contribution in [1.82, 2.24) is 9.62 Å². The van der Waals surface area contributed by atoms with Gasteiger partial charge in [-0.25, -0.2) is 17.9 Å². The molecule has 2 fully saturated rings. The van der Waals surface area contributed by atoms with Gasteiger partial charge in [0.2, 0.25) is 10.0 Å². The molecule has 0 radical (unpaired) electrons. The van der Waals surface area contributed by atoms with E-state index in [0.29, 0.717) is 13.2 Å². The molecule has 176 valence electrons. The summed E-state index contributed by atoms with van der Waals surface area (Å²) in [6.45, 7) is 5.59. The number of carboxylic acid groups (broad SMARTS) is 1. The number of halogens is 4. The van der Waals surface area contributed by atoms with Crippen LogP contribution in [-0.2, 0) is 26.1 Å². The zero-order chi connectivity index (χ0) is 23.3. The summed E-state index contributed by atoms with van der Waals surface area (Å²) in [5.41, 5.74) is 1.24. The summed E-state index contributed by atoms with van der Waals surface area (Å²) in [7, 11) is -3.11. The van der Waals surface area contributed by atoms with E-state index in [9.17, 15) is 21.6 Å². The van der Waals surface area contributed by atoms with Gasteiger partial charge in [0.1, 0.15) is 0 Å². The van der Waals surface area contributed by atoms with Crippen molar-refractivity contribution in [2.45, 2.75) is 38.1 Å². The van der Waals surface area contributed by atoms with Gasteiger partial charge in [0.25, 0.3) is 0 Å². The molecule has 2 aliphatic rings. The molecule has 3 rings (SSSR count). The average Bonchev–Trinajstić information content (AvgIpc) is 2.68. The second-order valence-electron chi connectivity index (χ2n) is 7.73. The summed E-state index contributed by atoms with van der Waals surface area (Å²) in [6.07, 6.45) is -3.07. The normalized spacial score (nSPS) is 21.1. The lowest BCUT2D eigenvalue weighted by Gasteiger charge is -2.53. The molecule has 31 heavy (non-hydrogen) atoms. The standard InChI is InChI=1S/C17H25ClN2O3S.C2HF3O2/c1-2-24(21,22)19-9-15-7-8-17(23-11-15)12-20(13-17)10-14-3-5-16(18)6-4-14;3-2(4,5)1(6)7/h3-6,15,19H,2,7-13H2,1H3;(H,6,7). The highest BCUT2D eigenvalue weighted by Crippen LogP contribution is 2.36. The molecule has 2 N–H and O–H groups in total. The largest absolute Gasteiger partial charge is 0.490 e. The lowest BCUT2D eigenvalue weighted by atomic mass is 9.83. The van der Waals surface area contributed by atoms with E-state index >= 15 is 0 Å². The van der Waals surface area contributed by atoms with Crippen LogP contribution < -0.4 is 4.72 Å². The number of hydrogen-bond donors (Lipinski definition) is 2. The van der Waals surface area contributed by atoms with Gasteiger partial charge in [0.15, 0.2) is 0 Å². The van der Waals surface area contributed by atoms with Crippen molar-refractivity contribution in [3.63, 3.8) is 0 Å². The number of rotatable bonds is 6. The first kappa shape index (κ1) is 25.9. The number of aliphatic carboxylic acids is 1. The van der Waals surface area contributed by atoms with Gasteiger partial charge in [-0.1, -0.05) is 23.7 Å². The maximum Gasteiger partial charge on any atom is 0.490 e. The highest BCUT2D eigenvalue weighted by Gasteiger charge is 2.46. The number of benzene rings is 1.